The fourth-order valence-corrected chi connectivity index (χ4v) is 3.27. The first-order valence-corrected chi connectivity index (χ1v) is 8.52. The lowest BCUT2D eigenvalue weighted by Gasteiger charge is -2.08. The van der Waals surface area contributed by atoms with E-state index in [0.717, 1.165) is 31.7 Å². The average molecular weight is 298 g/mol. The van der Waals surface area contributed by atoms with Crippen LogP contribution in [0, 0.1) is 0 Å². The fraction of sp³-hybridized carbons (Fsp3) is 0.571. The van der Waals surface area contributed by atoms with Crippen molar-refractivity contribution in [3.63, 3.8) is 0 Å². The lowest BCUT2D eigenvalue weighted by molar-refractivity contribution is 0.133. The van der Waals surface area contributed by atoms with Crippen LogP contribution in [0.15, 0.2) is 23.1 Å². The molecule has 6 heteroatoms. The first kappa shape index (κ1) is 15.4. The summed E-state index contributed by atoms with van der Waals surface area (Å²) < 4.78 is 32.2. The highest BCUT2D eigenvalue weighted by molar-refractivity contribution is 7.89. The van der Waals surface area contributed by atoms with Gasteiger partial charge in [0.05, 0.1) is 4.90 Å². The number of nitrogens with one attached hydrogen (secondary N) is 2. The van der Waals surface area contributed by atoms with Crippen LogP contribution in [0.4, 0.5) is 0 Å². The second-order valence-electron chi connectivity index (χ2n) is 4.90. The van der Waals surface area contributed by atoms with Crippen molar-refractivity contribution in [3.05, 3.63) is 29.3 Å². The molecule has 1 aromatic rings. The van der Waals surface area contributed by atoms with Crippen LogP contribution in [0.3, 0.4) is 0 Å². The van der Waals surface area contributed by atoms with E-state index in [2.05, 4.69) is 10.0 Å². The van der Waals surface area contributed by atoms with E-state index >= 15 is 0 Å². The third kappa shape index (κ3) is 4.02. The van der Waals surface area contributed by atoms with Gasteiger partial charge in [-0.25, -0.2) is 13.1 Å². The highest BCUT2D eigenvalue weighted by Gasteiger charge is 2.17. The Morgan fingerprint density at radius 1 is 1.25 bits per heavy atom. The summed E-state index contributed by atoms with van der Waals surface area (Å²) in [7, 11) is -3.41. The predicted molar refractivity (Wildman–Crippen MR) is 77.9 cm³/mol. The largest absolute Gasteiger partial charge is 0.381 e. The quantitative estimate of drug-likeness (QED) is 0.712. The number of rotatable bonds is 8. The average Bonchev–Trinajstić information content (AvgIpc) is 2.90. The zero-order valence-electron chi connectivity index (χ0n) is 11.8. The molecule has 5 nitrogen and oxygen atoms in total. The van der Waals surface area contributed by atoms with Crippen molar-refractivity contribution < 1.29 is 13.2 Å². The SMILES string of the molecule is CCCOCCCNS(=O)(=O)c1ccc2c(c1)CNC2. The van der Waals surface area contributed by atoms with Gasteiger partial charge in [-0.15, -0.1) is 0 Å². The smallest absolute Gasteiger partial charge is 0.240 e. The van der Waals surface area contributed by atoms with Gasteiger partial charge in [-0.3, -0.25) is 0 Å². The summed E-state index contributed by atoms with van der Waals surface area (Å²) in [6, 6.07) is 5.31. The van der Waals surface area contributed by atoms with Crippen molar-refractivity contribution in [3.8, 4) is 0 Å². The van der Waals surface area contributed by atoms with Gasteiger partial charge in [0.25, 0.3) is 0 Å². The molecule has 1 aliphatic heterocycles. The molecule has 2 rings (SSSR count). The van der Waals surface area contributed by atoms with Crippen LogP contribution < -0.4 is 10.0 Å². The molecule has 1 heterocycles. The third-order valence-corrected chi connectivity index (χ3v) is 4.68. The topological polar surface area (TPSA) is 67.4 Å². The van der Waals surface area contributed by atoms with Gasteiger partial charge >= 0.3 is 0 Å². The number of sulfonamides is 1. The van der Waals surface area contributed by atoms with E-state index < -0.39 is 10.0 Å². The number of hydrogen-bond acceptors (Lipinski definition) is 4. The summed E-state index contributed by atoms with van der Waals surface area (Å²) in [6.45, 7) is 5.32. The molecule has 0 saturated heterocycles. The summed E-state index contributed by atoms with van der Waals surface area (Å²) in [6.07, 6.45) is 1.67. The molecule has 0 saturated carbocycles. The summed E-state index contributed by atoms with van der Waals surface area (Å²) in [5, 5.41) is 3.21. The summed E-state index contributed by atoms with van der Waals surface area (Å²) in [5.74, 6) is 0. The van der Waals surface area contributed by atoms with Crippen molar-refractivity contribution in [2.45, 2.75) is 37.8 Å². The van der Waals surface area contributed by atoms with Crippen molar-refractivity contribution in [2.24, 2.45) is 0 Å². The summed E-state index contributed by atoms with van der Waals surface area (Å²) in [4.78, 5) is 0.342. The van der Waals surface area contributed by atoms with Crippen LogP contribution in [-0.2, 0) is 27.8 Å². The molecule has 0 radical (unpaired) electrons. The summed E-state index contributed by atoms with van der Waals surface area (Å²) in [5.41, 5.74) is 2.25. The molecule has 20 heavy (non-hydrogen) atoms. The van der Waals surface area contributed by atoms with E-state index in [1.807, 2.05) is 13.0 Å². The van der Waals surface area contributed by atoms with E-state index in [9.17, 15) is 8.42 Å². The summed E-state index contributed by atoms with van der Waals surface area (Å²) >= 11 is 0. The van der Waals surface area contributed by atoms with Gasteiger partial charge in [0, 0.05) is 32.8 Å². The van der Waals surface area contributed by atoms with Crippen LogP contribution in [0.1, 0.15) is 30.9 Å². The molecule has 0 bridgehead atoms. The lowest BCUT2D eigenvalue weighted by Crippen LogP contribution is -2.25. The number of benzene rings is 1. The number of fused-ring (bicyclic) bond motifs is 1. The first-order chi connectivity index (χ1) is 9.63. The molecular weight excluding hydrogens is 276 g/mol. The molecule has 1 aliphatic rings. The van der Waals surface area contributed by atoms with Crippen molar-refractivity contribution in [1.29, 1.82) is 0 Å². The molecular formula is C14H22N2O3S. The minimum absolute atomic E-state index is 0.342. The van der Waals surface area contributed by atoms with E-state index in [1.165, 1.54) is 5.56 Å². The zero-order valence-corrected chi connectivity index (χ0v) is 12.6. The Bertz CT molecular complexity index is 543. The molecule has 0 aliphatic carbocycles. The maximum absolute atomic E-state index is 12.1. The monoisotopic (exact) mass is 298 g/mol. The third-order valence-electron chi connectivity index (χ3n) is 3.22. The highest BCUT2D eigenvalue weighted by Crippen LogP contribution is 2.19. The van der Waals surface area contributed by atoms with Gasteiger partial charge in [0.2, 0.25) is 10.0 Å². The maximum Gasteiger partial charge on any atom is 0.240 e. The fourth-order valence-electron chi connectivity index (χ4n) is 2.15. The Hall–Kier alpha value is -0.950. The molecule has 0 aromatic heterocycles. The van der Waals surface area contributed by atoms with Gasteiger partial charge in [-0.05, 0) is 36.1 Å². The Labute approximate surface area is 120 Å². The van der Waals surface area contributed by atoms with E-state index in [1.54, 1.807) is 12.1 Å². The van der Waals surface area contributed by atoms with Crippen LogP contribution in [0.25, 0.3) is 0 Å². The Kier molecular flexibility index (Phi) is 5.54. The van der Waals surface area contributed by atoms with Crippen molar-refractivity contribution in [2.75, 3.05) is 19.8 Å². The highest BCUT2D eigenvalue weighted by atomic mass is 32.2. The van der Waals surface area contributed by atoms with Crippen molar-refractivity contribution in [1.82, 2.24) is 10.0 Å². The Morgan fingerprint density at radius 3 is 2.85 bits per heavy atom. The second kappa shape index (κ2) is 7.17. The van der Waals surface area contributed by atoms with Gasteiger partial charge < -0.3 is 10.1 Å². The van der Waals surface area contributed by atoms with Gasteiger partial charge in [0.1, 0.15) is 0 Å². The zero-order chi connectivity index (χ0) is 14.4. The van der Waals surface area contributed by atoms with Gasteiger partial charge in [-0.2, -0.15) is 0 Å². The Balaban J connectivity index is 1.87. The molecule has 0 atom stereocenters. The van der Waals surface area contributed by atoms with Crippen molar-refractivity contribution >= 4 is 10.0 Å². The van der Waals surface area contributed by atoms with Crippen LogP contribution in [-0.4, -0.2) is 28.2 Å². The van der Waals surface area contributed by atoms with E-state index in [0.29, 0.717) is 24.5 Å². The maximum atomic E-state index is 12.1. The molecule has 2 N–H and O–H groups in total. The number of ether oxygens (including phenoxy) is 1. The molecule has 0 amide bonds. The Morgan fingerprint density at radius 2 is 2.05 bits per heavy atom. The first-order valence-electron chi connectivity index (χ1n) is 7.03. The molecule has 1 aromatic carbocycles. The van der Waals surface area contributed by atoms with E-state index in [-0.39, 0.29) is 0 Å². The minimum atomic E-state index is -3.41. The lowest BCUT2D eigenvalue weighted by atomic mass is 10.1. The minimum Gasteiger partial charge on any atom is -0.381 e. The number of hydrogen-bond donors (Lipinski definition) is 2. The molecule has 0 spiro atoms. The normalized spacial score (nSPS) is 14.4. The van der Waals surface area contributed by atoms with Gasteiger partial charge in [-0.1, -0.05) is 13.0 Å². The van der Waals surface area contributed by atoms with Crippen LogP contribution >= 0.6 is 0 Å². The van der Waals surface area contributed by atoms with Crippen LogP contribution in [0.5, 0.6) is 0 Å². The molecule has 112 valence electrons. The second-order valence-corrected chi connectivity index (χ2v) is 6.66. The van der Waals surface area contributed by atoms with Gasteiger partial charge in [0.15, 0.2) is 0 Å². The predicted octanol–water partition coefficient (Wildman–Crippen LogP) is 1.38. The molecule has 0 unspecified atom stereocenters. The van der Waals surface area contributed by atoms with Crippen LogP contribution in [0.2, 0.25) is 0 Å². The molecule has 0 fully saturated rings. The standard InChI is InChI=1S/C14H22N2O3S/c1-2-7-19-8-3-6-16-20(17,18)14-5-4-12-10-15-11-13(12)9-14/h4-5,9,15-16H,2-3,6-8,10-11H2,1H3. The van der Waals surface area contributed by atoms with E-state index in [4.69, 9.17) is 4.74 Å².